The third kappa shape index (κ3) is 45.5. The van der Waals surface area contributed by atoms with E-state index >= 15 is 0 Å². The summed E-state index contributed by atoms with van der Waals surface area (Å²) in [6.07, 6.45) is 22.6. The van der Waals surface area contributed by atoms with Gasteiger partial charge in [-0.3, -0.25) is 28.8 Å². The third-order valence-corrected chi connectivity index (χ3v) is 11.4. The number of carboxylic acids is 1. The molecule has 0 aliphatic rings. The van der Waals surface area contributed by atoms with Crippen LogP contribution in [0, 0.1) is 11.3 Å². The number of carboxylic acid groups (broad SMARTS) is 1. The molecule has 0 aromatic carbocycles. The maximum Gasteiger partial charge on any atom is 0.306 e. The van der Waals surface area contributed by atoms with Gasteiger partial charge in [-0.25, -0.2) is 0 Å². The quantitative estimate of drug-likeness (QED) is 0.0363. The summed E-state index contributed by atoms with van der Waals surface area (Å²) >= 11 is 0. The SMILES string of the molecule is CCCCCCCCCCCCCCCCCC(=O)CC(CCC(=O)NCCOCCOCCC(=O)NCCOCCOCCC(=O)NCCCCC(NC(C)(C)C)C(=O)CC(C)(C)C)C(=O)O. The first kappa shape index (κ1) is 65.0. The zero-order valence-corrected chi connectivity index (χ0v) is 44.1. The van der Waals surface area contributed by atoms with Crippen LogP contribution in [-0.4, -0.2) is 124 Å². The predicted molar refractivity (Wildman–Crippen MR) is 271 cm³/mol. The standard InChI is InChI=1S/C53H100N4O11/c1-8-9-10-11-12-13-14-15-16-17-18-19-20-21-22-25-45(58)42-44(51(63)64)27-28-48(60)55-32-36-67-40-39-66-35-30-50(62)56-33-37-68-41-38-65-34-29-49(61)54-31-24-23-26-46(57-53(5,6)7)47(59)43-52(2,3)4/h44,46,57H,8-43H2,1-7H3,(H,54,61)(H,55,60)(H,56,62)(H,63,64). The molecule has 5 N–H and O–H groups in total. The number of carbonyl (C=O) groups excluding carboxylic acids is 5. The Morgan fingerprint density at radius 2 is 0.897 bits per heavy atom. The van der Waals surface area contributed by atoms with E-state index in [0.29, 0.717) is 52.4 Å². The van der Waals surface area contributed by atoms with Crippen LogP contribution in [0.5, 0.6) is 0 Å². The number of rotatable bonds is 48. The van der Waals surface area contributed by atoms with E-state index in [1.165, 1.54) is 77.0 Å². The fourth-order valence-electron chi connectivity index (χ4n) is 7.64. The van der Waals surface area contributed by atoms with Gasteiger partial charge in [-0.15, -0.1) is 0 Å². The molecule has 15 nitrogen and oxygen atoms in total. The number of hydrogen-bond donors (Lipinski definition) is 5. The van der Waals surface area contributed by atoms with Crippen LogP contribution in [0.2, 0.25) is 0 Å². The van der Waals surface area contributed by atoms with Crippen molar-refractivity contribution in [3.05, 3.63) is 0 Å². The van der Waals surface area contributed by atoms with Crippen LogP contribution in [-0.2, 0) is 47.7 Å². The molecule has 0 saturated heterocycles. The fourth-order valence-corrected chi connectivity index (χ4v) is 7.64. The van der Waals surface area contributed by atoms with Crippen molar-refractivity contribution in [3.8, 4) is 0 Å². The van der Waals surface area contributed by atoms with Crippen molar-refractivity contribution in [3.63, 3.8) is 0 Å². The van der Waals surface area contributed by atoms with Gasteiger partial charge < -0.3 is 45.3 Å². The number of amides is 3. The van der Waals surface area contributed by atoms with E-state index in [1.807, 2.05) is 0 Å². The molecule has 0 aliphatic carbocycles. The second kappa shape index (κ2) is 42.9. The molecule has 0 spiro atoms. The summed E-state index contributed by atoms with van der Waals surface area (Å²) < 4.78 is 21.9. The Bertz CT molecular complexity index is 1320. The summed E-state index contributed by atoms with van der Waals surface area (Å²) in [5.74, 6) is -2.24. The Hall–Kier alpha value is -2.98. The van der Waals surface area contributed by atoms with Crippen molar-refractivity contribution in [1.29, 1.82) is 0 Å². The van der Waals surface area contributed by atoms with E-state index in [-0.39, 0.29) is 111 Å². The largest absolute Gasteiger partial charge is 0.481 e. The van der Waals surface area contributed by atoms with Crippen LogP contribution < -0.4 is 21.3 Å². The summed E-state index contributed by atoms with van der Waals surface area (Å²) in [4.78, 5) is 73.6. The van der Waals surface area contributed by atoms with Gasteiger partial charge in [0.15, 0.2) is 0 Å². The zero-order valence-electron chi connectivity index (χ0n) is 44.1. The third-order valence-electron chi connectivity index (χ3n) is 11.4. The summed E-state index contributed by atoms with van der Waals surface area (Å²) in [5, 5.41) is 21.5. The lowest BCUT2D eigenvalue weighted by atomic mass is 9.86. The molecule has 0 bridgehead atoms. The molecule has 15 heteroatoms. The summed E-state index contributed by atoms with van der Waals surface area (Å²) in [6.45, 7) is 18.2. The lowest BCUT2D eigenvalue weighted by Gasteiger charge is -2.30. The van der Waals surface area contributed by atoms with Gasteiger partial charge in [0, 0.05) is 63.7 Å². The van der Waals surface area contributed by atoms with Crippen LogP contribution in [0.25, 0.3) is 0 Å². The summed E-state index contributed by atoms with van der Waals surface area (Å²) in [5.41, 5.74) is -0.215. The number of hydrogen-bond acceptors (Lipinski definition) is 11. The van der Waals surface area contributed by atoms with Gasteiger partial charge in [-0.1, -0.05) is 118 Å². The molecule has 0 aromatic rings. The second-order valence-electron chi connectivity index (χ2n) is 20.7. The molecule has 0 aliphatic heterocycles. The molecule has 0 aromatic heterocycles. The zero-order chi connectivity index (χ0) is 50.7. The maximum atomic E-state index is 12.9. The lowest BCUT2D eigenvalue weighted by Crippen LogP contribution is -2.48. The first-order chi connectivity index (χ1) is 32.4. The van der Waals surface area contributed by atoms with Crippen LogP contribution >= 0.6 is 0 Å². The van der Waals surface area contributed by atoms with Crippen molar-refractivity contribution in [2.24, 2.45) is 11.3 Å². The van der Waals surface area contributed by atoms with Gasteiger partial charge in [0.1, 0.15) is 11.6 Å². The van der Waals surface area contributed by atoms with Gasteiger partial charge in [-0.2, -0.15) is 0 Å². The van der Waals surface area contributed by atoms with Gasteiger partial charge in [0.05, 0.1) is 64.8 Å². The number of ether oxygens (including phenoxy) is 4. The van der Waals surface area contributed by atoms with Crippen molar-refractivity contribution in [1.82, 2.24) is 21.3 Å². The van der Waals surface area contributed by atoms with Crippen molar-refractivity contribution in [2.45, 2.75) is 221 Å². The molecule has 0 fully saturated rings. The van der Waals surface area contributed by atoms with Gasteiger partial charge in [0.25, 0.3) is 0 Å². The molecule has 0 radical (unpaired) electrons. The van der Waals surface area contributed by atoms with E-state index in [9.17, 15) is 33.9 Å². The molecular weight excluding hydrogens is 869 g/mol. The topological polar surface area (TPSA) is 208 Å². The average Bonchev–Trinajstić information content (AvgIpc) is 3.26. The molecule has 0 rings (SSSR count). The summed E-state index contributed by atoms with van der Waals surface area (Å²) in [6, 6.07) is -0.192. The van der Waals surface area contributed by atoms with E-state index in [0.717, 1.165) is 38.5 Å². The molecule has 0 heterocycles. The van der Waals surface area contributed by atoms with E-state index < -0.39 is 11.9 Å². The van der Waals surface area contributed by atoms with Crippen LogP contribution in [0.4, 0.5) is 0 Å². The number of nitrogens with one attached hydrogen (secondary N) is 4. The number of carbonyl (C=O) groups is 6. The minimum atomic E-state index is -1.05. The highest BCUT2D eigenvalue weighted by atomic mass is 16.5. The smallest absolute Gasteiger partial charge is 0.306 e. The highest BCUT2D eigenvalue weighted by molar-refractivity contribution is 5.85. The van der Waals surface area contributed by atoms with E-state index in [4.69, 9.17) is 18.9 Å². The second-order valence-corrected chi connectivity index (χ2v) is 20.7. The first-order valence-corrected chi connectivity index (χ1v) is 26.6. The Labute approximate surface area is 412 Å². The van der Waals surface area contributed by atoms with E-state index in [2.05, 4.69) is 69.7 Å². The monoisotopic (exact) mass is 969 g/mol. The van der Waals surface area contributed by atoms with Crippen LogP contribution in [0.1, 0.15) is 209 Å². The number of aliphatic carboxylic acids is 1. The minimum absolute atomic E-state index is 0.0281. The average molecular weight is 969 g/mol. The van der Waals surface area contributed by atoms with Gasteiger partial charge in [0.2, 0.25) is 17.7 Å². The predicted octanol–water partition coefficient (Wildman–Crippen LogP) is 8.82. The number of ketones is 2. The molecule has 68 heavy (non-hydrogen) atoms. The van der Waals surface area contributed by atoms with Crippen molar-refractivity contribution >= 4 is 35.3 Å². The highest BCUT2D eigenvalue weighted by Crippen LogP contribution is 2.22. The number of Topliss-reactive ketones (excluding diaryl/α,β-unsaturated/α-hetero) is 2. The van der Waals surface area contributed by atoms with Crippen LogP contribution in [0.3, 0.4) is 0 Å². The van der Waals surface area contributed by atoms with Crippen molar-refractivity contribution < 1.29 is 52.8 Å². The normalized spacial score (nSPS) is 12.7. The van der Waals surface area contributed by atoms with Crippen LogP contribution in [0.15, 0.2) is 0 Å². The first-order valence-electron chi connectivity index (χ1n) is 26.6. The number of unbranched alkanes of at least 4 members (excludes halogenated alkanes) is 15. The molecule has 398 valence electrons. The fraction of sp³-hybridized carbons (Fsp3) is 0.887. The highest BCUT2D eigenvalue weighted by Gasteiger charge is 2.27. The molecule has 2 unspecified atom stereocenters. The molecule has 3 amide bonds. The molecule has 2 atom stereocenters. The molecule has 0 saturated carbocycles. The molecular formula is C53H100N4O11. The van der Waals surface area contributed by atoms with Gasteiger partial charge in [-0.05, 0) is 58.3 Å². The van der Waals surface area contributed by atoms with Crippen molar-refractivity contribution in [2.75, 3.05) is 72.5 Å². The Kier molecular flexibility index (Phi) is 41.0. The summed E-state index contributed by atoms with van der Waals surface area (Å²) in [7, 11) is 0. The maximum absolute atomic E-state index is 12.9. The van der Waals surface area contributed by atoms with E-state index in [1.54, 1.807) is 0 Å². The Morgan fingerprint density at radius 1 is 0.471 bits per heavy atom. The Balaban J connectivity index is 3.73. The lowest BCUT2D eigenvalue weighted by molar-refractivity contribution is -0.144. The Morgan fingerprint density at radius 3 is 1.34 bits per heavy atom. The minimum Gasteiger partial charge on any atom is -0.481 e. The van der Waals surface area contributed by atoms with Gasteiger partial charge >= 0.3 is 5.97 Å².